The summed E-state index contributed by atoms with van der Waals surface area (Å²) in [6.07, 6.45) is 2.28. The van der Waals surface area contributed by atoms with Crippen LogP contribution in [0.4, 0.5) is 0 Å². The summed E-state index contributed by atoms with van der Waals surface area (Å²) in [6.45, 7) is 6.45. The number of carboxylic acid groups (broad SMARTS) is 1. The van der Waals surface area contributed by atoms with E-state index in [1.54, 1.807) is 0 Å². The van der Waals surface area contributed by atoms with E-state index in [1.807, 2.05) is 13.8 Å². The number of carbonyl (C=O) groups is 1. The molecule has 0 bridgehead atoms. The number of carboxylic acids is 1. The Balaban J connectivity index is 1.89. The van der Waals surface area contributed by atoms with Crippen molar-refractivity contribution >= 4 is 5.97 Å². The van der Waals surface area contributed by atoms with Gasteiger partial charge in [-0.05, 0) is 25.3 Å². The van der Waals surface area contributed by atoms with E-state index in [-0.39, 0.29) is 18.3 Å². The molecule has 1 fully saturated rings. The molecule has 1 aliphatic rings. The fourth-order valence-electron chi connectivity index (χ4n) is 2.47. The lowest BCUT2D eigenvalue weighted by Crippen LogP contribution is -2.36. The Morgan fingerprint density at radius 2 is 2.37 bits per heavy atom. The summed E-state index contributed by atoms with van der Waals surface area (Å²) in [5.74, 6) is 1.12. The van der Waals surface area contributed by atoms with E-state index in [9.17, 15) is 4.79 Å². The molecule has 1 aliphatic heterocycles. The normalized spacial score (nSPS) is 20.9. The van der Waals surface area contributed by atoms with E-state index in [4.69, 9.17) is 9.63 Å². The van der Waals surface area contributed by atoms with Crippen molar-refractivity contribution in [1.82, 2.24) is 15.0 Å². The van der Waals surface area contributed by atoms with Crippen LogP contribution < -0.4 is 0 Å². The first-order valence-corrected chi connectivity index (χ1v) is 6.81. The number of rotatable bonds is 5. The van der Waals surface area contributed by atoms with Gasteiger partial charge in [0.15, 0.2) is 5.82 Å². The molecule has 0 amide bonds. The van der Waals surface area contributed by atoms with Gasteiger partial charge in [0.1, 0.15) is 0 Å². The highest BCUT2D eigenvalue weighted by molar-refractivity contribution is 5.67. The van der Waals surface area contributed by atoms with Crippen molar-refractivity contribution < 1.29 is 14.4 Å². The van der Waals surface area contributed by atoms with Gasteiger partial charge in [-0.3, -0.25) is 9.69 Å². The van der Waals surface area contributed by atoms with Gasteiger partial charge >= 0.3 is 5.97 Å². The van der Waals surface area contributed by atoms with Crippen LogP contribution in [-0.4, -0.2) is 39.2 Å². The quantitative estimate of drug-likeness (QED) is 0.877. The van der Waals surface area contributed by atoms with E-state index >= 15 is 0 Å². The van der Waals surface area contributed by atoms with E-state index in [1.165, 1.54) is 0 Å². The molecule has 0 spiro atoms. The van der Waals surface area contributed by atoms with Gasteiger partial charge in [0.25, 0.3) is 0 Å². The van der Waals surface area contributed by atoms with E-state index < -0.39 is 5.97 Å². The molecule has 0 radical (unpaired) electrons. The van der Waals surface area contributed by atoms with Gasteiger partial charge in [0.2, 0.25) is 5.89 Å². The third kappa shape index (κ3) is 4.02. The van der Waals surface area contributed by atoms with Crippen molar-refractivity contribution in [2.75, 3.05) is 13.1 Å². The maximum Gasteiger partial charge on any atom is 0.303 e. The van der Waals surface area contributed by atoms with Crippen molar-refractivity contribution in [1.29, 1.82) is 0 Å². The summed E-state index contributed by atoms with van der Waals surface area (Å²) in [6, 6.07) is 0. The molecule has 19 heavy (non-hydrogen) atoms. The number of hydrogen-bond acceptors (Lipinski definition) is 5. The van der Waals surface area contributed by atoms with Crippen LogP contribution in [-0.2, 0) is 11.3 Å². The van der Waals surface area contributed by atoms with E-state index in [0.717, 1.165) is 25.9 Å². The first-order chi connectivity index (χ1) is 9.04. The van der Waals surface area contributed by atoms with Gasteiger partial charge in [-0.15, -0.1) is 0 Å². The maximum atomic E-state index is 10.8. The second kappa shape index (κ2) is 6.14. The molecular formula is C13H21N3O3. The summed E-state index contributed by atoms with van der Waals surface area (Å²) in [5.41, 5.74) is 0. The van der Waals surface area contributed by atoms with Crippen LogP contribution in [0.3, 0.4) is 0 Å². The molecule has 2 heterocycles. The van der Waals surface area contributed by atoms with Crippen molar-refractivity contribution in [3.05, 3.63) is 11.7 Å². The third-order valence-electron chi connectivity index (χ3n) is 3.41. The Hall–Kier alpha value is -1.43. The molecule has 1 unspecified atom stereocenters. The fourth-order valence-corrected chi connectivity index (χ4v) is 2.47. The number of likely N-dealkylation sites (tertiary alicyclic amines) is 1. The number of piperidine rings is 1. The Morgan fingerprint density at radius 1 is 1.58 bits per heavy atom. The maximum absolute atomic E-state index is 10.8. The van der Waals surface area contributed by atoms with Crippen LogP contribution in [0.15, 0.2) is 4.52 Å². The minimum absolute atomic E-state index is 0.238. The van der Waals surface area contributed by atoms with E-state index in [2.05, 4.69) is 15.0 Å². The highest BCUT2D eigenvalue weighted by atomic mass is 16.5. The molecule has 6 nitrogen and oxygen atoms in total. The number of nitrogens with zero attached hydrogens (tertiary/aromatic N) is 3. The lowest BCUT2D eigenvalue weighted by molar-refractivity contribution is -0.138. The summed E-state index contributed by atoms with van der Waals surface area (Å²) < 4.78 is 5.18. The Bertz CT molecular complexity index is 431. The highest BCUT2D eigenvalue weighted by Crippen LogP contribution is 2.21. The molecule has 0 aromatic carbocycles. The van der Waals surface area contributed by atoms with E-state index in [0.29, 0.717) is 18.3 Å². The van der Waals surface area contributed by atoms with Crippen LogP contribution in [0.25, 0.3) is 0 Å². The predicted octanol–water partition coefficient (Wildman–Crippen LogP) is 1.88. The van der Waals surface area contributed by atoms with Crippen molar-refractivity contribution in [3.8, 4) is 0 Å². The van der Waals surface area contributed by atoms with Gasteiger partial charge in [-0.2, -0.15) is 4.98 Å². The first kappa shape index (κ1) is 14.0. The Labute approximate surface area is 112 Å². The minimum Gasteiger partial charge on any atom is -0.481 e. The Kier molecular flexibility index (Phi) is 4.52. The SMILES string of the molecule is CC(C)c1nc(CN2CCCC(CC(=O)O)C2)no1. The molecule has 1 N–H and O–H groups in total. The predicted molar refractivity (Wildman–Crippen MR) is 68.6 cm³/mol. The van der Waals surface area contributed by atoms with Crippen LogP contribution in [0.5, 0.6) is 0 Å². The Morgan fingerprint density at radius 3 is 3.00 bits per heavy atom. The minimum atomic E-state index is -0.714. The third-order valence-corrected chi connectivity index (χ3v) is 3.41. The molecule has 106 valence electrons. The number of aromatic nitrogens is 2. The number of hydrogen-bond donors (Lipinski definition) is 1. The standard InChI is InChI=1S/C13H21N3O3/c1-9(2)13-14-11(15-19-13)8-16-5-3-4-10(7-16)6-12(17)18/h9-10H,3-8H2,1-2H3,(H,17,18). The topological polar surface area (TPSA) is 79.5 Å². The monoisotopic (exact) mass is 267 g/mol. The smallest absolute Gasteiger partial charge is 0.303 e. The van der Waals surface area contributed by atoms with Gasteiger partial charge in [0, 0.05) is 18.9 Å². The second-order valence-electron chi connectivity index (χ2n) is 5.54. The number of aliphatic carboxylic acids is 1. The molecule has 6 heteroatoms. The largest absolute Gasteiger partial charge is 0.481 e. The van der Waals surface area contributed by atoms with Gasteiger partial charge in [0.05, 0.1) is 6.54 Å². The van der Waals surface area contributed by atoms with Crippen molar-refractivity contribution in [2.24, 2.45) is 5.92 Å². The van der Waals surface area contributed by atoms with Crippen LogP contribution in [0, 0.1) is 5.92 Å². The average Bonchev–Trinajstić information content (AvgIpc) is 2.77. The fraction of sp³-hybridized carbons (Fsp3) is 0.769. The summed E-state index contributed by atoms with van der Waals surface area (Å²) >= 11 is 0. The molecule has 1 aromatic rings. The molecule has 2 rings (SSSR count). The van der Waals surface area contributed by atoms with Crippen LogP contribution in [0.2, 0.25) is 0 Å². The molecule has 1 atom stereocenters. The molecule has 1 saturated heterocycles. The zero-order valence-corrected chi connectivity index (χ0v) is 11.5. The zero-order chi connectivity index (χ0) is 13.8. The summed E-state index contributed by atoms with van der Waals surface area (Å²) in [4.78, 5) is 17.3. The van der Waals surface area contributed by atoms with Gasteiger partial charge < -0.3 is 9.63 Å². The average molecular weight is 267 g/mol. The molecule has 0 saturated carbocycles. The lowest BCUT2D eigenvalue weighted by atomic mass is 9.95. The zero-order valence-electron chi connectivity index (χ0n) is 11.5. The lowest BCUT2D eigenvalue weighted by Gasteiger charge is -2.30. The van der Waals surface area contributed by atoms with Crippen LogP contribution >= 0.6 is 0 Å². The second-order valence-corrected chi connectivity index (χ2v) is 5.54. The van der Waals surface area contributed by atoms with Gasteiger partial charge in [-0.25, -0.2) is 0 Å². The van der Waals surface area contributed by atoms with Crippen molar-refractivity contribution in [2.45, 2.75) is 45.6 Å². The molecule has 1 aromatic heterocycles. The summed E-state index contributed by atoms with van der Waals surface area (Å²) in [5, 5.41) is 12.8. The summed E-state index contributed by atoms with van der Waals surface area (Å²) in [7, 11) is 0. The van der Waals surface area contributed by atoms with Gasteiger partial charge in [-0.1, -0.05) is 19.0 Å². The molecular weight excluding hydrogens is 246 g/mol. The molecule has 0 aliphatic carbocycles. The first-order valence-electron chi connectivity index (χ1n) is 6.81. The van der Waals surface area contributed by atoms with Crippen LogP contribution in [0.1, 0.15) is 50.7 Å². The van der Waals surface area contributed by atoms with Crippen molar-refractivity contribution in [3.63, 3.8) is 0 Å². The highest BCUT2D eigenvalue weighted by Gasteiger charge is 2.23.